The van der Waals surface area contributed by atoms with Crippen LogP contribution in [0.25, 0.3) is 5.70 Å². The zero-order valence-electron chi connectivity index (χ0n) is 14.1. The minimum Gasteiger partial charge on any atom is -0.483 e. The van der Waals surface area contributed by atoms with Crippen LogP contribution in [-0.2, 0) is 0 Å². The molecule has 0 N–H and O–H groups in total. The molecular weight excluding hydrogens is 302 g/mol. The molecule has 122 valence electrons. The minimum absolute atomic E-state index is 0.478. The van der Waals surface area contributed by atoms with Crippen LogP contribution in [0.3, 0.4) is 0 Å². The number of nitriles is 2. The number of fused-ring (bicyclic) bond motifs is 1. The molecule has 2 heterocycles. The molecule has 3 rings (SSSR count). The molecule has 1 saturated heterocycles. The Morgan fingerprint density at radius 1 is 1.29 bits per heavy atom. The topological polar surface area (TPSA) is 75.7 Å². The number of ether oxygens (including phenoxy) is 1. The Morgan fingerprint density at radius 3 is 2.75 bits per heavy atom. The van der Waals surface area contributed by atoms with E-state index in [1.54, 1.807) is 6.07 Å². The number of nitrogens with zero attached hydrogens (tertiary/aromatic N) is 5. The van der Waals surface area contributed by atoms with Crippen molar-refractivity contribution >= 4 is 11.7 Å². The van der Waals surface area contributed by atoms with E-state index in [1.165, 1.54) is 0 Å². The highest BCUT2D eigenvalue weighted by molar-refractivity contribution is 5.93. The summed E-state index contributed by atoms with van der Waals surface area (Å²) in [5.41, 5.74) is 1.89. The third-order valence-corrected chi connectivity index (χ3v) is 4.18. The first-order valence-electron chi connectivity index (χ1n) is 7.94. The van der Waals surface area contributed by atoms with Gasteiger partial charge < -0.3 is 14.5 Å². The van der Waals surface area contributed by atoms with Crippen molar-refractivity contribution in [2.24, 2.45) is 4.99 Å². The molecule has 24 heavy (non-hydrogen) atoms. The molecule has 0 unspecified atom stereocenters. The molecule has 0 atom stereocenters. The summed E-state index contributed by atoms with van der Waals surface area (Å²) in [6.45, 7) is 8.36. The van der Waals surface area contributed by atoms with Crippen LogP contribution in [0.4, 0.5) is 0 Å². The largest absolute Gasteiger partial charge is 0.483 e. The fourth-order valence-electron chi connectivity index (χ4n) is 3.13. The first kappa shape index (κ1) is 15.9. The van der Waals surface area contributed by atoms with Crippen molar-refractivity contribution in [2.75, 3.05) is 19.6 Å². The van der Waals surface area contributed by atoms with Gasteiger partial charge in [0.15, 0.2) is 0 Å². The van der Waals surface area contributed by atoms with Crippen LogP contribution in [0.5, 0.6) is 5.75 Å². The van der Waals surface area contributed by atoms with Crippen LogP contribution in [0.2, 0.25) is 0 Å². The van der Waals surface area contributed by atoms with E-state index < -0.39 is 5.60 Å². The molecular formula is C18H19N5O. The maximum atomic E-state index is 9.21. The summed E-state index contributed by atoms with van der Waals surface area (Å²) in [5, 5.41) is 18.3. The lowest BCUT2D eigenvalue weighted by molar-refractivity contribution is 0.156. The molecule has 0 bridgehead atoms. The van der Waals surface area contributed by atoms with Crippen LogP contribution in [-0.4, -0.2) is 41.0 Å². The van der Waals surface area contributed by atoms with Gasteiger partial charge >= 0.3 is 0 Å². The quantitative estimate of drug-likeness (QED) is 0.782. The molecule has 0 spiro atoms. The highest BCUT2D eigenvalue weighted by Gasteiger charge is 2.35. The van der Waals surface area contributed by atoms with Crippen LogP contribution < -0.4 is 4.74 Å². The predicted octanol–water partition coefficient (Wildman–Crippen LogP) is 2.54. The summed E-state index contributed by atoms with van der Waals surface area (Å²) >= 11 is 0. The van der Waals surface area contributed by atoms with Crippen molar-refractivity contribution in [2.45, 2.75) is 26.4 Å². The van der Waals surface area contributed by atoms with Crippen LogP contribution in [0.1, 0.15) is 31.9 Å². The molecule has 1 fully saturated rings. The van der Waals surface area contributed by atoms with Crippen molar-refractivity contribution in [3.63, 3.8) is 0 Å². The van der Waals surface area contributed by atoms with Gasteiger partial charge in [-0.05, 0) is 45.0 Å². The van der Waals surface area contributed by atoms with Crippen LogP contribution in [0.15, 0.2) is 29.3 Å². The zero-order valence-corrected chi connectivity index (χ0v) is 14.1. The second kappa shape index (κ2) is 5.90. The normalized spacial score (nSPS) is 20.0. The number of rotatable bonds is 2. The maximum absolute atomic E-state index is 9.21. The minimum atomic E-state index is -0.478. The van der Waals surface area contributed by atoms with E-state index in [0.29, 0.717) is 11.5 Å². The van der Waals surface area contributed by atoms with E-state index in [2.05, 4.69) is 16.0 Å². The number of guanidine groups is 1. The van der Waals surface area contributed by atoms with E-state index in [0.717, 1.165) is 36.6 Å². The molecule has 0 amide bonds. The Kier molecular flexibility index (Phi) is 3.91. The lowest BCUT2D eigenvalue weighted by Crippen LogP contribution is -2.37. The number of benzene rings is 1. The van der Waals surface area contributed by atoms with Gasteiger partial charge in [-0.2, -0.15) is 10.5 Å². The van der Waals surface area contributed by atoms with Gasteiger partial charge in [0.25, 0.3) is 0 Å². The summed E-state index contributed by atoms with van der Waals surface area (Å²) in [5.74, 6) is 1.39. The van der Waals surface area contributed by atoms with Crippen LogP contribution >= 0.6 is 0 Å². The zero-order chi connectivity index (χ0) is 17.3. The van der Waals surface area contributed by atoms with Gasteiger partial charge in [0, 0.05) is 25.2 Å². The Morgan fingerprint density at radius 2 is 2.08 bits per heavy atom. The molecule has 0 radical (unpaired) electrons. The Hall–Kier alpha value is -2.99. The fraction of sp³-hybridized carbons (Fsp3) is 0.389. The molecule has 6 heteroatoms. The van der Waals surface area contributed by atoms with Crippen molar-refractivity contribution in [1.82, 2.24) is 9.80 Å². The monoisotopic (exact) mass is 321 g/mol. The summed E-state index contributed by atoms with van der Waals surface area (Å²) in [7, 11) is 0. The summed E-state index contributed by atoms with van der Waals surface area (Å²) < 4.78 is 6.03. The molecule has 0 aliphatic carbocycles. The number of hydrogen-bond acceptors (Lipinski definition) is 4. The first-order chi connectivity index (χ1) is 11.5. The highest BCUT2D eigenvalue weighted by atomic mass is 16.5. The molecule has 2 aliphatic heterocycles. The lowest BCUT2D eigenvalue weighted by Gasteiger charge is -2.34. The molecule has 0 aromatic heterocycles. The Balaban J connectivity index is 2.13. The maximum Gasteiger partial charge on any atom is 0.217 e. The van der Waals surface area contributed by atoms with Crippen molar-refractivity contribution in [3.8, 4) is 18.0 Å². The summed E-state index contributed by atoms with van der Waals surface area (Å²) in [6, 6.07) is 7.58. The van der Waals surface area contributed by atoms with E-state index in [-0.39, 0.29) is 0 Å². The SMILES string of the molecule is CCN1CCN(C2=CC(C)(C)Oc3ccc(C#N)cc32)/C1=N/C#N. The summed E-state index contributed by atoms with van der Waals surface area (Å²) in [6.07, 6.45) is 3.93. The Bertz CT molecular complexity index is 810. The number of hydrogen-bond donors (Lipinski definition) is 0. The van der Waals surface area contributed by atoms with Gasteiger partial charge in [0.05, 0.1) is 17.3 Å². The van der Waals surface area contributed by atoms with Gasteiger partial charge in [-0.15, -0.1) is 4.99 Å². The summed E-state index contributed by atoms with van der Waals surface area (Å²) in [4.78, 5) is 8.13. The van der Waals surface area contributed by atoms with E-state index >= 15 is 0 Å². The van der Waals surface area contributed by atoms with Gasteiger partial charge in [-0.25, -0.2) is 0 Å². The van der Waals surface area contributed by atoms with Crippen LogP contribution in [0, 0.1) is 22.8 Å². The fourth-order valence-corrected chi connectivity index (χ4v) is 3.13. The standard InChI is InChI=1S/C18H19N5O/c1-4-22-7-8-23(17(22)21-12-20)15-10-18(2,3)24-16-6-5-13(11-19)9-14(15)16/h5-6,9-10H,4,7-8H2,1-3H3/b21-17+. The third kappa shape index (κ3) is 2.68. The average Bonchev–Trinajstić information content (AvgIpc) is 2.96. The highest BCUT2D eigenvalue weighted by Crippen LogP contribution is 2.39. The molecule has 1 aromatic rings. The molecule has 1 aromatic carbocycles. The van der Waals surface area contributed by atoms with Crippen molar-refractivity contribution < 1.29 is 4.74 Å². The smallest absolute Gasteiger partial charge is 0.217 e. The lowest BCUT2D eigenvalue weighted by atomic mass is 9.97. The number of aliphatic imine (C=N–C) groups is 1. The number of likely N-dealkylation sites (N-methyl/N-ethyl adjacent to an activating group) is 1. The molecule has 0 saturated carbocycles. The predicted molar refractivity (Wildman–Crippen MR) is 90.8 cm³/mol. The van der Waals surface area contributed by atoms with Gasteiger partial charge in [-0.3, -0.25) is 0 Å². The van der Waals surface area contributed by atoms with Crippen molar-refractivity contribution in [3.05, 3.63) is 35.4 Å². The first-order valence-corrected chi connectivity index (χ1v) is 7.94. The van der Waals surface area contributed by atoms with Gasteiger partial charge in [-0.1, -0.05) is 0 Å². The van der Waals surface area contributed by atoms with E-state index in [1.807, 2.05) is 50.1 Å². The van der Waals surface area contributed by atoms with Gasteiger partial charge in [0.1, 0.15) is 11.4 Å². The molecule has 2 aliphatic rings. The second-order valence-electron chi connectivity index (χ2n) is 6.30. The van der Waals surface area contributed by atoms with Crippen molar-refractivity contribution in [1.29, 1.82) is 10.5 Å². The van der Waals surface area contributed by atoms with Gasteiger partial charge in [0.2, 0.25) is 12.2 Å². The van der Waals surface area contributed by atoms with E-state index in [4.69, 9.17) is 10.00 Å². The molecule has 6 nitrogen and oxygen atoms in total. The van der Waals surface area contributed by atoms with E-state index in [9.17, 15) is 5.26 Å². The third-order valence-electron chi connectivity index (χ3n) is 4.18. The Labute approximate surface area is 141 Å². The second-order valence-corrected chi connectivity index (χ2v) is 6.30. The average molecular weight is 321 g/mol.